The molecule has 1 aromatic heterocycles. The van der Waals surface area contributed by atoms with Crippen molar-refractivity contribution in [3.8, 4) is 0 Å². The molecule has 5 heteroatoms. The summed E-state index contributed by atoms with van der Waals surface area (Å²) < 4.78 is 4.69. The predicted molar refractivity (Wildman–Crippen MR) is 66.0 cm³/mol. The summed E-state index contributed by atoms with van der Waals surface area (Å²) in [6.07, 6.45) is 2.90. The minimum Gasteiger partial charge on any atom is -0.363 e. The Hall–Kier alpha value is -2.14. The highest BCUT2D eigenvalue weighted by Gasteiger charge is 2.26. The van der Waals surface area contributed by atoms with Crippen LogP contribution >= 0.6 is 0 Å². The van der Waals surface area contributed by atoms with Crippen molar-refractivity contribution in [1.82, 2.24) is 10.5 Å². The van der Waals surface area contributed by atoms with Gasteiger partial charge < -0.3 is 15.2 Å². The van der Waals surface area contributed by atoms with E-state index < -0.39 is 0 Å². The first kappa shape index (κ1) is 11.0. The van der Waals surface area contributed by atoms with Crippen molar-refractivity contribution < 1.29 is 9.32 Å². The Bertz CT molecular complexity index is 551. The zero-order valence-electron chi connectivity index (χ0n) is 9.72. The molecular weight excluding hydrogens is 230 g/mol. The van der Waals surface area contributed by atoms with Crippen LogP contribution in [0.3, 0.4) is 0 Å². The molecule has 3 rings (SSSR count). The van der Waals surface area contributed by atoms with E-state index in [1.165, 1.54) is 18.0 Å². The smallest absolute Gasteiger partial charge is 0.233 e. The monoisotopic (exact) mass is 243 g/mol. The standard InChI is InChI=1S/C13H13N3O2/c17-13(16-10-6-15-18-8-10)12-7-14-5-9-3-1-2-4-11(9)12/h1-4,6,8,12,14H,5,7H2,(H,16,17). The van der Waals surface area contributed by atoms with Crippen LogP contribution in [0.15, 0.2) is 41.2 Å². The molecule has 5 nitrogen and oxygen atoms in total. The first-order chi connectivity index (χ1) is 8.84. The second-order valence-corrected chi connectivity index (χ2v) is 4.28. The Balaban J connectivity index is 1.83. The van der Waals surface area contributed by atoms with Gasteiger partial charge in [0.2, 0.25) is 5.91 Å². The number of carbonyl (C=O) groups is 1. The minimum absolute atomic E-state index is 0.0437. The maximum absolute atomic E-state index is 12.2. The largest absolute Gasteiger partial charge is 0.363 e. The number of hydrogen-bond acceptors (Lipinski definition) is 4. The lowest BCUT2D eigenvalue weighted by Crippen LogP contribution is -2.35. The summed E-state index contributed by atoms with van der Waals surface area (Å²) in [5, 5.41) is 9.61. The van der Waals surface area contributed by atoms with Crippen LogP contribution in [-0.2, 0) is 11.3 Å². The van der Waals surface area contributed by atoms with E-state index in [1.807, 2.05) is 24.3 Å². The lowest BCUT2D eigenvalue weighted by molar-refractivity contribution is -0.117. The second kappa shape index (κ2) is 4.62. The summed E-state index contributed by atoms with van der Waals surface area (Å²) in [5.41, 5.74) is 2.85. The molecule has 0 bridgehead atoms. The van der Waals surface area contributed by atoms with E-state index in [-0.39, 0.29) is 11.8 Å². The van der Waals surface area contributed by atoms with Gasteiger partial charge in [0.05, 0.1) is 12.1 Å². The highest BCUT2D eigenvalue weighted by molar-refractivity contribution is 5.96. The molecule has 0 saturated heterocycles. The summed E-state index contributed by atoms with van der Waals surface area (Å²) in [6, 6.07) is 8.00. The SMILES string of the molecule is O=C(Nc1cnoc1)C1CNCc2ccccc21. The highest BCUT2D eigenvalue weighted by atomic mass is 16.5. The zero-order chi connectivity index (χ0) is 12.4. The van der Waals surface area contributed by atoms with Crippen molar-refractivity contribution in [2.24, 2.45) is 0 Å². The quantitative estimate of drug-likeness (QED) is 0.838. The summed E-state index contributed by atoms with van der Waals surface area (Å²) >= 11 is 0. The Labute approximate surface area is 104 Å². The fraction of sp³-hybridized carbons (Fsp3) is 0.231. The molecule has 2 heterocycles. The van der Waals surface area contributed by atoms with Gasteiger partial charge in [-0.1, -0.05) is 29.4 Å². The lowest BCUT2D eigenvalue weighted by Gasteiger charge is -2.25. The van der Waals surface area contributed by atoms with Gasteiger partial charge in [-0.25, -0.2) is 0 Å². The van der Waals surface area contributed by atoms with Crippen LogP contribution in [0.1, 0.15) is 17.0 Å². The molecule has 0 spiro atoms. The first-order valence-corrected chi connectivity index (χ1v) is 5.83. The van der Waals surface area contributed by atoms with Crippen LogP contribution < -0.4 is 10.6 Å². The van der Waals surface area contributed by atoms with Crippen LogP contribution in [0, 0.1) is 0 Å². The molecule has 0 aliphatic carbocycles. The van der Waals surface area contributed by atoms with Crippen molar-refractivity contribution in [2.75, 3.05) is 11.9 Å². The molecule has 18 heavy (non-hydrogen) atoms. The molecule has 0 saturated carbocycles. The van der Waals surface area contributed by atoms with Crippen molar-refractivity contribution in [3.05, 3.63) is 47.9 Å². The number of rotatable bonds is 2. The summed E-state index contributed by atoms with van der Waals surface area (Å²) in [5.74, 6) is -0.220. The zero-order valence-corrected chi connectivity index (χ0v) is 9.72. The highest BCUT2D eigenvalue weighted by Crippen LogP contribution is 2.25. The van der Waals surface area contributed by atoms with Crippen LogP contribution in [0.4, 0.5) is 5.69 Å². The average Bonchev–Trinajstić information content (AvgIpc) is 2.91. The first-order valence-electron chi connectivity index (χ1n) is 5.83. The lowest BCUT2D eigenvalue weighted by atomic mass is 9.90. The van der Waals surface area contributed by atoms with Crippen molar-refractivity contribution >= 4 is 11.6 Å². The van der Waals surface area contributed by atoms with Crippen LogP contribution in [-0.4, -0.2) is 17.6 Å². The molecule has 2 aromatic rings. The Morgan fingerprint density at radius 2 is 2.33 bits per heavy atom. The van der Waals surface area contributed by atoms with E-state index in [4.69, 9.17) is 4.52 Å². The van der Waals surface area contributed by atoms with E-state index in [9.17, 15) is 4.79 Å². The van der Waals surface area contributed by atoms with E-state index in [1.54, 1.807) is 0 Å². The molecule has 0 fully saturated rings. The van der Waals surface area contributed by atoms with E-state index in [0.29, 0.717) is 12.2 Å². The number of fused-ring (bicyclic) bond motifs is 1. The van der Waals surface area contributed by atoms with Gasteiger partial charge in [-0.3, -0.25) is 4.79 Å². The number of nitrogens with zero attached hydrogens (tertiary/aromatic N) is 1. The third-order valence-electron chi connectivity index (χ3n) is 3.11. The van der Waals surface area contributed by atoms with Crippen LogP contribution in [0.25, 0.3) is 0 Å². The van der Waals surface area contributed by atoms with Gasteiger partial charge in [0.1, 0.15) is 12.0 Å². The van der Waals surface area contributed by atoms with Crippen LogP contribution in [0.2, 0.25) is 0 Å². The molecule has 2 N–H and O–H groups in total. The molecule has 1 atom stereocenters. The number of carbonyl (C=O) groups excluding carboxylic acids is 1. The van der Waals surface area contributed by atoms with Gasteiger partial charge >= 0.3 is 0 Å². The van der Waals surface area contributed by atoms with Gasteiger partial charge in [0.15, 0.2) is 0 Å². The third kappa shape index (κ3) is 2.00. The van der Waals surface area contributed by atoms with Gasteiger partial charge in [0, 0.05) is 13.1 Å². The Kier molecular flexibility index (Phi) is 2.82. The van der Waals surface area contributed by atoms with Gasteiger partial charge in [-0.05, 0) is 11.1 Å². The summed E-state index contributed by atoms with van der Waals surface area (Å²) in [7, 11) is 0. The molecule has 1 amide bonds. The average molecular weight is 243 g/mol. The van der Waals surface area contributed by atoms with Gasteiger partial charge in [-0.15, -0.1) is 0 Å². The number of nitrogens with one attached hydrogen (secondary N) is 2. The summed E-state index contributed by atoms with van der Waals surface area (Å²) in [6.45, 7) is 1.46. The van der Waals surface area contributed by atoms with E-state index in [2.05, 4.69) is 15.8 Å². The van der Waals surface area contributed by atoms with Crippen molar-refractivity contribution in [3.63, 3.8) is 0 Å². The summed E-state index contributed by atoms with van der Waals surface area (Å²) in [4.78, 5) is 12.2. The molecule has 1 aliphatic heterocycles. The number of aromatic nitrogens is 1. The molecular formula is C13H13N3O2. The topological polar surface area (TPSA) is 67.2 Å². The third-order valence-corrected chi connectivity index (χ3v) is 3.11. The minimum atomic E-state index is -0.176. The van der Waals surface area contributed by atoms with E-state index >= 15 is 0 Å². The fourth-order valence-corrected chi connectivity index (χ4v) is 2.23. The number of hydrogen-bond donors (Lipinski definition) is 2. The Morgan fingerprint density at radius 1 is 1.44 bits per heavy atom. The Morgan fingerprint density at radius 3 is 3.17 bits per heavy atom. The molecule has 92 valence electrons. The molecule has 0 radical (unpaired) electrons. The van der Waals surface area contributed by atoms with Crippen molar-refractivity contribution in [2.45, 2.75) is 12.5 Å². The number of benzene rings is 1. The van der Waals surface area contributed by atoms with Gasteiger partial charge in [0.25, 0.3) is 0 Å². The van der Waals surface area contributed by atoms with Crippen LogP contribution in [0.5, 0.6) is 0 Å². The molecule has 1 aromatic carbocycles. The van der Waals surface area contributed by atoms with Gasteiger partial charge in [-0.2, -0.15) is 0 Å². The normalized spacial score (nSPS) is 18.1. The van der Waals surface area contributed by atoms with Crippen molar-refractivity contribution in [1.29, 1.82) is 0 Å². The fourth-order valence-electron chi connectivity index (χ4n) is 2.23. The van der Waals surface area contributed by atoms with E-state index in [0.717, 1.165) is 12.1 Å². The molecule has 1 aliphatic rings. The number of amides is 1. The number of anilines is 1. The maximum Gasteiger partial charge on any atom is 0.233 e. The molecule has 1 unspecified atom stereocenters. The predicted octanol–water partition coefficient (Wildman–Crippen LogP) is 1.50. The second-order valence-electron chi connectivity index (χ2n) is 4.28. The maximum atomic E-state index is 12.2.